The first kappa shape index (κ1) is 21.8. The van der Waals surface area contributed by atoms with E-state index in [2.05, 4.69) is 34.9 Å². The number of rotatable bonds is 6. The van der Waals surface area contributed by atoms with Gasteiger partial charge in [-0.2, -0.15) is 0 Å². The van der Waals surface area contributed by atoms with Crippen LogP contribution >= 0.6 is 34.9 Å². The molecule has 0 aliphatic carbocycles. The molecule has 8 nitrogen and oxygen atoms in total. The van der Waals surface area contributed by atoms with Crippen LogP contribution in [0.25, 0.3) is 11.5 Å². The Morgan fingerprint density at radius 1 is 1.25 bits per heavy atom. The minimum Gasteiger partial charge on any atom is -0.339 e. The summed E-state index contributed by atoms with van der Waals surface area (Å²) in [4.78, 5) is 28.1. The van der Waals surface area contributed by atoms with Crippen LogP contribution in [-0.4, -0.2) is 56.3 Å². The Hall–Kier alpha value is -2.05. The van der Waals surface area contributed by atoms with Gasteiger partial charge in [-0.3, -0.25) is 4.79 Å². The molecule has 2 aliphatic rings. The molecule has 0 radical (unpaired) electrons. The quantitative estimate of drug-likeness (QED) is 0.449. The predicted molar refractivity (Wildman–Crippen MR) is 123 cm³/mol. The standard InChI is InChI=1S/C20H21ClFN7OS2/c21-17-16(26-18(27-17)14-2-1-13(22)9-24-14)11-3-5-29(6-4-11)32-15-10-25-20(31-15)28-19(30)12-7-23-8-12/h1-2,9-12,23H,3-8H2,(H,26,27)(H,25,28,30). The molecular weight excluding hydrogens is 473 g/mol. The molecule has 0 aromatic carbocycles. The smallest absolute Gasteiger partial charge is 0.231 e. The summed E-state index contributed by atoms with van der Waals surface area (Å²) < 4.78 is 16.5. The van der Waals surface area contributed by atoms with Gasteiger partial charge in [-0.25, -0.2) is 23.6 Å². The highest BCUT2D eigenvalue weighted by molar-refractivity contribution is 7.99. The van der Waals surface area contributed by atoms with Crippen LogP contribution in [0.2, 0.25) is 5.15 Å². The number of aromatic amines is 1. The zero-order chi connectivity index (χ0) is 22.1. The van der Waals surface area contributed by atoms with Crippen LogP contribution in [0.4, 0.5) is 9.52 Å². The van der Waals surface area contributed by atoms with E-state index in [1.54, 1.807) is 18.0 Å². The summed E-state index contributed by atoms with van der Waals surface area (Å²) in [5.41, 5.74) is 1.47. The number of piperidine rings is 1. The van der Waals surface area contributed by atoms with Crippen molar-refractivity contribution in [3.8, 4) is 11.5 Å². The van der Waals surface area contributed by atoms with Crippen LogP contribution < -0.4 is 10.6 Å². The van der Waals surface area contributed by atoms with Gasteiger partial charge >= 0.3 is 0 Å². The molecule has 2 aliphatic heterocycles. The molecule has 168 valence electrons. The molecule has 12 heteroatoms. The molecule has 1 amide bonds. The SMILES string of the molecule is O=C(Nc1ncc(SN2CCC(c3[nH]c(-c4ccc(F)cn4)nc3Cl)CC2)s1)C1CNC1. The third-order valence-corrected chi connectivity index (χ3v) is 7.98. The van der Waals surface area contributed by atoms with Crippen LogP contribution in [0.15, 0.2) is 28.7 Å². The minimum absolute atomic E-state index is 0.0297. The molecule has 2 fully saturated rings. The van der Waals surface area contributed by atoms with Crippen LogP contribution in [0.1, 0.15) is 24.5 Å². The largest absolute Gasteiger partial charge is 0.339 e. The molecule has 0 spiro atoms. The molecule has 5 heterocycles. The number of amides is 1. The zero-order valence-electron chi connectivity index (χ0n) is 17.0. The van der Waals surface area contributed by atoms with E-state index in [0.29, 0.717) is 21.8 Å². The lowest BCUT2D eigenvalue weighted by Gasteiger charge is -2.30. The van der Waals surface area contributed by atoms with Gasteiger partial charge in [0.1, 0.15) is 11.5 Å². The molecule has 0 saturated carbocycles. The fourth-order valence-electron chi connectivity index (χ4n) is 3.68. The number of H-pyrrole nitrogens is 1. The van der Waals surface area contributed by atoms with Gasteiger partial charge in [0.15, 0.2) is 16.1 Å². The first-order valence-electron chi connectivity index (χ1n) is 10.3. The molecule has 2 saturated heterocycles. The Morgan fingerprint density at radius 3 is 2.75 bits per heavy atom. The second kappa shape index (κ2) is 9.44. The van der Waals surface area contributed by atoms with Gasteiger partial charge in [0.25, 0.3) is 0 Å². The maximum atomic E-state index is 13.1. The third kappa shape index (κ3) is 4.81. The van der Waals surface area contributed by atoms with Crippen molar-refractivity contribution in [3.63, 3.8) is 0 Å². The summed E-state index contributed by atoms with van der Waals surface area (Å²) in [6.45, 7) is 3.25. The zero-order valence-corrected chi connectivity index (χ0v) is 19.4. The van der Waals surface area contributed by atoms with Gasteiger partial charge in [-0.1, -0.05) is 22.9 Å². The number of nitrogens with one attached hydrogen (secondary N) is 3. The average Bonchev–Trinajstić information content (AvgIpc) is 3.34. The van der Waals surface area contributed by atoms with Crippen molar-refractivity contribution in [2.75, 3.05) is 31.5 Å². The van der Waals surface area contributed by atoms with Crippen LogP contribution in [0, 0.1) is 11.7 Å². The second-order valence-corrected chi connectivity index (χ2v) is 10.6. The van der Waals surface area contributed by atoms with Crippen LogP contribution in [-0.2, 0) is 4.79 Å². The summed E-state index contributed by atoms with van der Waals surface area (Å²) in [5, 5.41) is 7.09. The Balaban J connectivity index is 1.15. The topological polar surface area (TPSA) is 98.8 Å². The number of pyridine rings is 1. The van der Waals surface area contributed by atoms with Crippen molar-refractivity contribution < 1.29 is 9.18 Å². The Morgan fingerprint density at radius 2 is 2.06 bits per heavy atom. The van der Waals surface area contributed by atoms with Crippen molar-refractivity contribution in [1.82, 2.24) is 29.6 Å². The lowest BCUT2D eigenvalue weighted by atomic mass is 9.95. The number of aromatic nitrogens is 4. The normalized spacial score (nSPS) is 17.9. The van der Waals surface area contributed by atoms with Crippen molar-refractivity contribution in [1.29, 1.82) is 0 Å². The highest BCUT2D eigenvalue weighted by Gasteiger charge is 2.27. The van der Waals surface area contributed by atoms with Crippen LogP contribution in [0.3, 0.4) is 0 Å². The van der Waals surface area contributed by atoms with Gasteiger partial charge in [0.2, 0.25) is 5.91 Å². The van der Waals surface area contributed by atoms with E-state index in [0.717, 1.165) is 48.9 Å². The van der Waals surface area contributed by atoms with Crippen molar-refractivity contribution in [2.45, 2.75) is 23.0 Å². The van der Waals surface area contributed by atoms with E-state index in [1.165, 1.54) is 23.6 Å². The highest BCUT2D eigenvalue weighted by atomic mass is 35.5. The molecule has 3 N–H and O–H groups in total. The van der Waals surface area contributed by atoms with E-state index in [4.69, 9.17) is 11.6 Å². The number of halogens is 2. The van der Waals surface area contributed by atoms with Crippen molar-refractivity contribution in [3.05, 3.63) is 41.2 Å². The van der Waals surface area contributed by atoms with Gasteiger partial charge in [-0.05, 0) is 36.9 Å². The van der Waals surface area contributed by atoms with Gasteiger partial charge in [-0.15, -0.1) is 0 Å². The number of nitrogens with zero attached hydrogens (tertiary/aromatic N) is 4. The van der Waals surface area contributed by atoms with Crippen molar-refractivity contribution in [2.24, 2.45) is 5.92 Å². The molecule has 3 aromatic rings. The minimum atomic E-state index is -0.386. The van der Waals surface area contributed by atoms with Crippen LogP contribution in [0.5, 0.6) is 0 Å². The number of hydrogen-bond donors (Lipinski definition) is 3. The number of thiazole rings is 1. The van der Waals surface area contributed by atoms with Gasteiger partial charge in [0, 0.05) is 32.1 Å². The summed E-state index contributed by atoms with van der Waals surface area (Å²) >= 11 is 9.56. The number of carbonyl (C=O) groups excluding carboxylic acids is 1. The predicted octanol–water partition coefficient (Wildman–Crippen LogP) is 3.77. The van der Waals surface area contributed by atoms with E-state index in [1.807, 2.05) is 6.20 Å². The average molecular weight is 494 g/mol. The van der Waals surface area contributed by atoms with E-state index in [-0.39, 0.29) is 23.6 Å². The maximum absolute atomic E-state index is 13.1. The third-order valence-electron chi connectivity index (χ3n) is 5.60. The number of hydrogen-bond acceptors (Lipinski definition) is 8. The summed E-state index contributed by atoms with van der Waals surface area (Å²) in [6.07, 6.45) is 4.84. The molecule has 0 atom stereocenters. The highest BCUT2D eigenvalue weighted by Crippen LogP contribution is 2.38. The second-order valence-electron chi connectivity index (χ2n) is 7.78. The number of carbonyl (C=O) groups is 1. The fourth-order valence-corrected chi connectivity index (χ4v) is 5.97. The molecule has 5 rings (SSSR count). The Labute approximate surface area is 197 Å². The van der Waals surface area contributed by atoms with E-state index >= 15 is 0 Å². The molecule has 0 bridgehead atoms. The summed E-state index contributed by atoms with van der Waals surface area (Å²) in [7, 11) is 0. The maximum Gasteiger partial charge on any atom is 0.231 e. The molecule has 3 aromatic heterocycles. The molecule has 0 unspecified atom stereocenters. The van der Waals surface area contributed by atoms with Crippen molar-refractivity contribution >= 4 is 45.9 Å². The lowest BCUT2D eigenvalue weighted by molar-refractivity contribution is -0.121. The number of anilines is 1. The van der Waals surface area contributed by atoms with E-state index in [9.17, 15) is 9.18 Å². The van der Waals surface area contributed by atoms with Gasteiger partial charge in [0.05, 0.1) is 28.2 Å². The summed E-state index contributed by atoms with van der Waals surface area (Å²) in [6, 6.07) is 2.94. The first-order valence-corrected chi connectivity index (χ1v) is 12.3. The lowest BCUT2D eigenvalue weighted by Crippen LogP contribution is -2.48. The molecule has 32 heavy (non-hydrogen) atoms. The summed E-state index contributed by atoms with van der Waals surface area (Å²) in [5.74, 6) is 0.513. The molecular formula is C20H21ClFN7OS2. The first-order chi connectivity index (χ1) is 15.5. The monoisotopic (exact) mass is 493 g/mol. The number of imidazole rings is 1. The fraction of sp³-hybridized carbons (Fsp3) is 0.400. The Kier molecular flexibility index (Phi) is 6.42. The Bertz CT molecular complexity index is 1090. The van der Waals surface area contributed by atoms with Gasteiger partial charge < -0.3 is 15.6 Å². The van der Waals surface area contributed by atoms with E-state index < -0.39 is 0 Å².